The predicted molar refractivity (Wildman–Crippen MR) is 56.8 cm³/mol. The number of hydrogen-bond acceptors (Lipinski definition) is 2. The first-order chi connectivity index (χ1) is 6.57. The molecule has 1 aromatic heterocycles. The molecule has 1 aliphatic carbocycles. The predicted octanol–water partition coefficient (Wildman–Crippen LogP) is 1.88. The van der Waals surface area contributed by atoms with Crippen molar-refractivity contribution in [3.8, 4) is 0 Å². The van der Waals surface area contributed by atoms with Crippen molar-refractivity contribution < 1.29 is 0 Å². The fourth-order valence-electron chi connectivity index (χ4n) is 1.95. The lowest BCUT2D eigenvalue weighted by molar-refractivity contribution is 0.258. The van der Waals surface area contributed by atoms with Crippen LogP contribution in [-0.2, 0) is 12.1 Å². The Balaban J connectivity index is 2.12. The minimum absolute atomic E-state index is 0.278. The SMILES string of the molecule is CC(C)(N)c1ccnn1CC1CCC1. The van der Waals surface area contributed by atoms with Gasteiger partial charge in [0.1, 0.15) is 0 Å². The third-order valence-corrected chi connectivity index (χ3v) is 3.03. The smallest absolute Gasteiger partial charge is 0.0577 e. The maximum atomic E-state index is 6.08. The minimum atomic E-state index is -0.278. The second-order valence-electron chi connectivity index (χ2n) is 4.92. The zero-order valence-corrected chi connectivity index (χ0v) is 9.03. The highest BCUT2D eigenvalue weighted by Crippen LogP contribution is 2.29. The van der Waals surface area contributed by atoms with Crippen LogP contribution in [0.15, 0.2) is 12.3 Å². The fraction of sp³-hybridized carbons (Fsp3) is 0.727. The van der Waals surface area contributed by atoms with Gasteiger partial charge in [-0.25, -0.2) is 0 Å². The van der Waals surface area contributed by atoms with Crippen LogP contribution in [0.2, 0.25) is 0 Å². The molecule has 0 amide bonds. The molecule has 2 N–H and O–H groups in total. The first kappa shape index (κ1) is 9.71. The highest BCUT2D eigenvalue weighted by Gasteiger charge is 2.23. The Morgan fingerprint density at radius 3 is 2.79 bits per heavy atom. The van der Waals surface area contributed by atoms with Gasteiger partial charge in [0, 0.05) is 12.7 Å². The van der Waals surface area contributed by atoms with Gasteiger partial charge in [-0.3, -0.25) is 4.68 Å². The topological polar surface area (TPSA) is 43.8 Å². The summed E-state index contributed by atoms with van der Waals surface area (Å²) in [7, 11) is 0. The summed E-state index contributed by atoms with van der Waals surface area (Å²) in [6.07, 6.45) is 5.94. The van der Waals surface area contributed by atoms with Gasteiger partial charge in [0.2, 0.25) is 0 Å². The Kier molecular flexibility index (Phi) is 2.35. The average molecular weight is 193 g/mol. The van der Waals surface area contributed by atoms with E-state index in [0.29, 0.717) is 0 Å². The van der Waals surface area contributed by atoms with E-state index in [1.165, 1.54) is 19.3 Å². The van der Waals surface area contributed by atoms with Crippen LogP contribution in [0, 0.1) is 5.92 Å². The molecule has 1 heterocycles. The molecule has 1 saturated carbocycles. The molecule has 0 bridgehead atoms. The lowest BCUT2D eigenvalue weighted by atomic mass is 9.85. The molecule has 2 rings (SSSR count). The van der Waals surface area contributed by atoms with Gasteiger partial charge in [-0.15, -0.1) is 0 Å². The number of hydrogen-bond donors (Lipinski definition) is 1. The van der Waals surface area contributed by atoms with Crippen molar-refractivity contribution in [3.05, 3.63) is 18.0 Å². The molecule has 14 heavy (non-hydrogen) atoms. The van der Waals surface area contributed by atoms with E-state index in [4.69, 9.17) is 5.73 Å². The molecule has 3 nitrogen and oxygen atoms in total. The van der Waals surface area contributed by atoms with Gasteiger partial charge >= 0.3 is 0 Å². The molecule has 78 valence electrons. The largest absolute Gasteiger partial charge is 0.321 e. The van der Waals surface area contributed by atoms with E-state index in [1.807, 2.05) is 26.1 Å². The first-order valence-electron chi connectivity index (χ1n) is 5.38. The van der Waals surface area contributed by atoms with Crippen LogP contribution in [0.5, 0.6) is 0 Å². The van der Waals surface area contributed by atoms with Crippen LogP contribution in [0.3, 0.4) is 0 Å². The monoisotopic (exact) mass is 193 g/mol. The van der Waals surface area contributed by atoms with Gasteiger partial charge in [0.05, 0.1) is 11.2 Å². The third kappa shape index (κ3) is 1.82. The Bertz CT molecular complexity index is 305. The van der Waals surface area contributed by atoms with Crippen molar-refractivity contribution in [2.24, 2.45) is 11.7 Å². The highest BCUT2D eigenvalue weighted by atomic mass is 15.3. The molecule has 1 aromatic rings. The summed E-state index contributed by atoms with van der Waals surface area (Å²) < 4.78 is 2.07. The molecule has 1 aliphatic rings. The summed E-state index contributed by atoms with van der Waals surface area (Å²) in [6.45, 7) is 5.10. The number of nitrogens with two attached hydrogens (primary N) is 1. The summed E-state index contributed by atoms with van der Waals surface area (Å²) in [5, 5.41) is 4.34. The van der Waals surface area contributed by atoms with E-state index in [0.717, 1.165) is 18.2 Å². The van der Waals surface area contributed by atoms with Crippen LogP contribution < -0.4 is 5.73 Å². The molecule has 0 atom stereocenters. The van der Waals surface area contributed by atoms with E-state index < -0.39 is 0 Å². The Morgan fingerprint density at radius 1 is 1.57 bits per heavy atom. The summed E-state index contributed by atoms with van der Waals surface area (Å²) in [5.41, 5.74) is 6.94. The molecule has 0 unspecified atom stereocenters. The van der Waals surface area contributed by atoms with Crippen LogP contribution in [0.25, 0.3) is 0 Å². The van der Waals surface area contributed by atoms with E-state index in [9.17, 15) is 0 Å². The number of nitrogens with zero attached hydrogens (tertiary/aromatic N) is 2. The fourth-order valence-corrected chi connectivity index (χ4v) is 1.95. The van der Waals surface area contributed by atoms with Crippen molar-refractivity contribution >= 4 is 0 Å². The molecule has 1 fully saturated rings. The maximum Gasteiger partial charge on any atom is 0.0577 e. The standard InChI is InChI=1S/C11H19N3/c1-11(2,12)10-6-7-13-14(10)8-9-4-3-5-9/h6-7,9H,3-5,8,12H2,1-2H3. The summed E-state index contributed by atoms with van der Waals surface area (Å²) in [5.74, 6) is 0.830. The van der Waals surface area contributed by atoms with Crippen molar-refractivity contribution in [1.29, 1.82) is 0 Å². The molecule has 0 spiro atoms. The van der Waals surface area contributed by atoms with E-state index in [1.54, 1.807) is 0 Å². The summed E-state index contributed by atoms with van der Waals surface area (Å²) >= 11 is 0. The zero-order chi connectivity index (χ0) is 10.2. The molecular formula is C11H19N3. The van der Waals surface area contributed by atoms with E-state index in [-0.39, 0.29) is 5.54 Å². The summed E-state index contributed by atoms with van der Waals surface area (Å²) in [4.78, 5) is 0. The normalized spacial score (nSPS) is 18.2. The van der Waals surface area contributed by atoms with Gasteiger partial charge in [-0.1, -0.05) is 6.42 Å². The van der Waals surface area contributed by atoms with Gasteiger partial charge in [-0.2, -0.15) is 5.10 Å². The maximum absolute atomic E-state index is 6.08. The Morgan fingerprint density at radius 2 is 2.29 bits per heavy atom. The molecule has 0 aliphatic heterocycles. The van der Waals surface area contributed by atoms with Crippen molar-refractivity contribution in [2.45, 2.75) is 45.2 Å². The zero-order valence-electron chi connectivity index (χ0n) is 9.03. The van der Waals surface area contributed by atoms with E-state index in [2.05, 4.69) is 9.78 Å². The second kappa shape index (κ2) is 3.39. The van der Waals surface area contributed by atoms with Crippen LogP contribution in [-0.4, -0.2) is 9.78 Å². The molecule has 0 saturated heterocycles. The summed E-state index contributed by atoms with van der Waals surface area (Å²) in [6, 6.07) is 2.03. The van der Waals surface area contributed by atoms with Crippen molar-refractivity contribution in [2.75, 3.05) is 0 Å². The molecule has 0 radical (unpaired) electrons. The lowest BCUT2D eigenvalue weighted by Gasteiger charge is -2.28. The van der Waals surface area contributed by atoms with Crippen molar-refractivity contribution in [3.63, 3.8) is 0 Å². The minimum Gasteiger partial charge on any atom is -0.321 e. The van der Waals surface area contributed by atoms with Gasteiger partial charge in [0.25, 0.3) is 0 Å². The highest BCUT2D eigenvalue weighted by molar-refractivity contribution is 5.11. The Labute approximate surface area is 85.3 Å². The van der Waals surface area contributed by atoms with Gasteiger partial charge in [0.15, 0.2) is 0 Å². The van der Waals surface area contributed by atoms with Gasteiger partial charge < -0.3 is 5.73 Å². The van der Waals surface area contributed by atoms with Crippen molar-refractivity contribution in [1.82, 2.24) is 9.78 Å². The molecule has 3 heteroatoms. The molecule has 0 aromatic carbocycles. The Hall–Kier alpha value is -0.830. The van der Waals surface area contributed by atoms with E-state index >= 15 is 0 Å². The lowest BCUT2D eigenvalue weighted by Crippen LogP contribution is -2.33. The number of rotatable bonds is 3. The quantitative estimate of drug-likeness (QED) is 0.796. The van der Waals surface area contributed by atoms with Crippen LogP contribution in [0.4, 0.5) is 0 Å². The van der Waals surface area contributed by atoms with Gasteiger partial charge in [-0.05, 0) is 38.7 Å². The van der Waals surface area contributed by atoms with Crippen LogP contribution in [0.1, 0.15) is 38.8 Å². The third-order valence-electron chi connectivity index (χ3n) is 3.03. The molecular weight excluding hydrogens is 174 g/mol. The first-order valence-corrected chi connectivity index (χ1v) is 5.38. The number of aromatic nitrogens is 2. The second-order valence-corrected chi connectivity index (χ2v) is 4.92. The van der Waals surface area contributed by atoms with Crippen LogP contribution >= 0.6 is 0 Å². The average Bonchev–Trinajstić information content (AvgIpc) is 2.42.